The predicted octanol–water partition coefficient (Wildman–Crippen LogP) is 2.70. The second-order valence-corrected chi connectivity index (χ2v) is 4.54. The standard InChI is InChI=1S/C12H10N4S/c1-9-2-3-10(14-8-9)11-4-5-15-16(11)12-13-6-7-17-12/h2-8H,1H3. The first-order chi connectivity index (χ1) is 8.34. The Kier molecular flexibility index (Phi) is 2.45. The Labute approximate surface area is 103 Å². The van der Waals surface area contributed by atoms with E-state index in [4.69, 9.17) is 0 Å². The normalized spacial score (nSPS) is 10.6. The topological polar surface area (TPSA) is 43.6 Å². The zero-order chi connectivity index (χ0) is 11.7. The molecular formula is C12H10N4S. The summed E-state index contributed by atoms with van der Waals surface area (Å²) in [6, 6.07) is 5.98. The molecule has 4 nitrogen and oxygen atoms in total. The third-order valence-corrected chi connectivity index (χ3v) is 3.16. The molecule has 0 fully saturated rings. The summed E-state index contributed by atoms with van der Waals surface area (Å²) in [4.78, 5) is 8.66. The SMILES string of the molecule is Cc1ccc(-c2ccnn2-c2nccs2)nc1. The van der Waals surface area contributed by atoms with Gasteiger partial charge >= 0.3 is 0 Å². The van der Waals surface area contributed by atoms with Crippen molar-refractivity contribution >= 4 is 11.3 Å². The minimum Gasteiger partial charge on any atom is -0.254 e. The highest BCUT2D eigenvalue weighted by molar-refractivity contribution is 7.12. The molecule has 0 saturated heterocycles. The minimum atomic E-state index is 0.854. The molecule has 0 bridgehead atoms. The van der Waals surface area contributed by atoms with Crippen molar-refractivity contribution in [2.45, 2.75) is 6.92 Å². The summed E-state index contributed by atoms with van der Waals surface area (Å²) in [6.07, 6.45) is 5.39. The van der Waals surface area contributed by atoms with Crippen molar-refractivity contribution in [3.8, 4) is 16.5 Å². The van der Waals surface area contributed by atoms with E-state index in [1.807, 2.05) is 41.4 Å². The first-order valence-corrected chi connectivity index (χ1v) is 6.09. The molecule has 0 amide bonds. The fourth-order valence-electron chi connectivity index (χ4n) is 1.59. The number of thiazole rings is 1. The van der Waals surface area contributed by atoms with Gasteiger partial charge in [-0.1, -0.05) is 6.07 Å². The first-order valence-electron chi connectivity index (χ1n) is 5.21. The zero-order valence-corrected chi connectivity index (χ0v) is 10.1. The Morgan fingerprint density at radius 2 is 2.06 bits per heavy atom. The Morgan fingerprint density at radius 3 is 2.76 bits per heavy atom. The molecule has 84 valence electrons. The Morgan fingerprint density at radius 1 is 1.12 bits per heavy atom. The van der Waals surface area contributed by atoms with E-state index in [2.05, 4.69) is 15.1 Å². The van der Waals surface area contributed by atoms with Gasteiger partial charge in [0.1, 0.15) is 0 Å². The average molecular weight is 242 g/mol. The fraction of sp³-hybridized carbons (Fsp3) is 0.0833. The summed E-state index contributed by atoms with van der Waals surface area (Å²) >= 11 is 1.55. The third-order valence-electron chi connectivity index (χ3n) is 2.42. The van der Waals surface area contributed by atoms with Gasteiger partial charge in [0.15, 0.2) is 0 Å². The predicted molar refractivity (Wildman–Crippen MR) is 67.2 cm³/mol. The lowest BCUT2D eigenvalue weighted by molar-refractivity contribution is 0.873. The van der Waals surface area contributed by atoms with Crippen LogP contribution >= 0.6 is 11.3 Å². The molecule has 3 rings (SSSR count). The lowest BCUT2D eigenvalue weighted by Gasteiger charge is -2.03. The molecule has 0 aliphatic carbocycles. The van der Waals surface area contributed by atoms with Gasteiger partial charge in [-0.15, -0.1) is 11.3 Å². The van der Waals surface area contributed by atoms with Gasteiger partial charge < -0.3 is 0 Å². The lowest BCUT2D eigenvalue weighted by Crippen LogP contribution is -1.98. The van der Waals surface area contributed by atoms with Crippen molar-refractivity contribution < 1.29 is 0 Å². The number of aryl methyl sites for hydroxylation is 1. The molecule has 3 aromatic heterocycles. The van der Waals surface area contributed by atoms with Gasteiger partial charge in [0, 0.05) is 17.8 Å². The van der Waals surface area contributed by atoms with Crippen LogP contribution in [0.3, 0.4) is 0 Å². The summed E-state index contributed by atoms with van der Waals surface area (Å²) in [7, 11) is 0. The first kappa shape index (κ1) is 10.2. The second kappa shape index (κ2) is 4.10. The second-order valence-electron chi connectivity index (χ2n) is 3.66. The largest absolute Gasteiger partial charge is 0.254 e. The highest BCUT2D eigenvalue weighted by Crippen LogP contribution is 2.21. The summed E-state index contributed by atoms with van der Waals surface area (Å²) < 4.78 is 1.81. The molecule has 0 atom stereocenters. The van der Waals surface area contributed by atoms with Gasteiger partial charge in [0.2, 0.25) is 5.13 Å². The van der Waals surface area contributed by atoms with Crippen molar-refractivity contribution in [2.75, 3.05) is 0 Å². The van der Waals surface area contributed by atoms with E-state index in [1.165, 1.54) is 0 Å². The van der Waals surface area contributed by atoms with E-state index in [0.29, 0.717) is 0 Å². The van der Waals surface area contributed by atoms with Gasteiger partial charge in [-0.3, -0.25) is 4.98 Å². The number of rotatable bonds is 2. The Bertz CT molecular complexity index is 610. The van der Waals surface area contributed by atoms with Crippen molar-refractivity contribution in [1.82, 2.24) is 19.7 Å². The third kappa shape index (κ3) is 1.85. The summed E-state index contributed by atoms with van der Waals surface area (Å²) in [5, 5.41) is 7.07. The molecule has 0 spiro atoms. The van der Waals surface area contributed by atoms with Gasteiger partial charge in [0.25, 0.3) is 0 Å². The van der Waals surface area contributed by atoms with Crippen LogP contribution in [0.2, 0.25) is 0 Å². The maximum atomic E-state index is 4.41. The van der Waals surface area contributed by atoms with Crippen molar-refractivity contribution in [1.29, 1.82) is 0 Å². The molecule has 17 heavy (non-hydrogen) atoms. The van der Waals surface area contributed by atoms with Gasteiger partial charge in [0.05, 0.1) is 17.6 Å². The van der Waals surface area contributed by atoms with E-state index in [1.54, 1.807) is 23.7 Å². The zero-order valence-electron chi connectivity index (χ0n) is 9.24. The molecule has 5 heteroatoms. The summed E-state index contributed by atoms with van der Waals surface area (Å²) in [5.41, 5.74) is 3.01. The smallest absolute Gasteiger partial charge is 0.210 e. The van der Waals surface area contributed by atoms with Crippen LogP contribution in [-0.2, 0) is 0 Å². The van der Waals surface area contributed by atoms with Crippen molar-refractivity contribution in [2.24, 2.45) is 0 Å². The number of pyridine rings is 1. The number of aromatic nitrogens is 4. The lowest BCUT2D eigenvalue weighted by atomic mass is 10.2. The average Bonchev–Trinajstić information content (AvgIpc) is 3.00. The molecule has 0 aliphatic heterocycles. The highest BCUT2D eigenvalue weighted by Gasteiger charge is 2.09. The van der Waals surface area contributed by atoms with Crippen LogP contribution in [0, 0.1) is 6.92 Å². The van der Waals surface area contributed by atoms with Crippen LogP contribution in [-0.4, -0.2) is 19.7 Å². The van der Waals surface area contributed by atoms with Crippen LogP contribution in [0.4, 0.5) is 0 Å². The molecule has 0 aromatic carbocycles. The molecule has 0 N–H and O–H groups in total. The molecule has 3 heterocycles. The fourth-order valence-corrected chi connectivity index (χ4v) is 2.20. The Balaban J connectivity index is 2.10. The van der Waals surface area contributed by atoms with E-state index >= 15 is 0 Å². The number of hydrogen-bond donors (Lipinski definition) is 0. The van der Waals surface area contributed by atoms with Crippen LogP contribution in [0.15, 0.2) is 42.2 Å². The minimum absolute atomic E-state index is 0.854. The molecular weight excluding hydrogens is 232 g/mol. The van der Waals surface area contributed by atoms with E-state index in [0.717, 1.165) is 22.1 Å². The summed E-state index contributed by atoms with van der Waals surface area (Å²) in [6.45, 7) is 2.02. The number of nitrogens with zero attached hydrogens (tertiary/aromatic N) is 4. The van der Waals surface area contributed by atoms with Gasteiger partial charge in [-0.25, -0.2) is 9.67 Å². The highest BCUT2D eigenvalue weighted by atomic mass is 32.1. The molecule has 0 aliphatic rings. The molecule has 3 aromatic rings. The monoisotopic (exact) mass is 242 g/mol. The van der Waals surface area contributed by atoms with Crippen molar-refractivity contribution in [3.05, 3.63) is 47.7 Å². The van der Waals surface area contributed by atoms with E-state index < -0.39 is 0 Å². The molecule has 0 saturated carbocycles. The van der Waals surface area contributed by atoms with Crippen LogP contribution in [0.1, 0.15) is 5.56 Å². The summed E-state index contributed by atoms with van der Waals surface area (Å²) in [5.74, 6) is 0. The Hall–Kier alpha value is -2.01. The van der Waals surface area contributed by atoms with Crippen molar-refractivity contribution in [3.63, 3.8) is 0 Å². The van der Waals surface area contributed by atoms with E-state index in [-0.39, 0.29) is 0 Å². The van der Waals surface area contributed by atoms with Crippen LogP contribution in [0.25, 0.3) is 16.5 Å². The quantitative estimate of drug-likeness (QED) is 0.694. The number of hydrogen-bond acceptors (Lipinski definition) is 4. The van der Waals surface area contributed by atoms with Crippen LogP contribution in [0.5, 0.6) is 0 Å². The van der Waals surface area contributed by atoms with Gasteiger partial charge in [-0.2, -0.15) is 5.10 Å². The maximum Gasteiger partial charge on any atom is 0.210 e. The molecule has 0 unspecified atom stereocenters. The van der Waals surface area contributed by atoms with E-state index in [9.17, 15) is 0 Å². The van der Waals surface area contributed by atoms with Gasteiger partial charge in [-0.05, 0) is 24.6 Å². The molecule has 0 radical (unpaired) electrons. The van der Waals surface area contributed by atoms with Crippen LogP contribution < -0.4 is 0 Å². The maximum absolute atomic E-state index is 4.41.